The monoisotopic (exact) mass is 355 g/mol. The fourth-order valence-electron chi connectivity index (χ4n) is 2.88. The molecule has 0 aliphatic carbocycles. The summed E-state index contributed by atoms with van der Waals surface area (Å²) in [7, 11) is 0. The van der Waals surface area contributed by atoms with E-state index >= 15 is 0 Å². The lowest BCUT2D eigenvalue weighted by atomic mass is 10.1. The highest BCUT2D eigenvalue weighted by Crippen LogP contribution is 2.36. The van der Waals surface area contributed by atoms with E-state index in [1.54, 1.807) is 0 Å². The summed E-state index contributed by atoms with van der Waals surface area (Å²) in [6.07, 6.45) is 4.43. The van der Waals surface area contributed by atoms with Gasteiger partial charge in [-0.3, -0.25) is 0 Å². The van der Waals surface area contributed by atoms with Crippen LogP contribution in [0.2, 0.25) is 0 Å². The Kier molecular flexibility index (Phi) is 6.64. The number of hydrogen-bond acceptors (Lipinski definition) is 4. The molecule has 2 aromatic rings. The molecular weight excluding hydrogens is 326 g/mol. The molecule has 140 valence electrons. The minimum absolute atomic E-state index is 0.138. The highest BCUT2D eigenvalue weighted by molar-refractivity contribution is 5.61. The zero-order chi connectivity index (χ0) is 18.2. The maximum absolute atomic E-state index is 5.97. The fraction of sp³-hybridized carbons (Fsp3) is 0.455. The van der Waals surface area contributed by atoms with Crippen LogP contribution in [0.1, 0.15) is 51.1 Å². The van der Waals surface area contributed by atoms with Gasteiger partial charge in [0.05, 0.1) is 24.9 Å². The molecular formula is C22H29NO3. The van der Waals surface area contributed by atoms with Crippen molar-refractivity contribution in [2.24, 2.45) is 0 Å². The van der Waals surface area contributed by atoms with Crippen LogP contribution in [0.15, 0.2) is 42.5 Å². The summed E-state index contributed by atoms with van der Waals surface area (Å²) in [4.78, 5) is 0. The first-order valence-corrected chi connectivity index (χ1v) is 9.69. The fourth-order valence-corrected chi connectivity index (χ4v) is 2.88. The molecule has 0 aromatic heterocycles. The number of benzene rings is 2. The molecule has 0 fully saturated rings. The summed E-state index contributed by atoms with van der Waals surface area (Å²) in [6.45, 7) is 6.45. The molecule has 4 heteroatoms. The maximum Gasteiger partial charge on any atom is 0.146 e. The molecule has 1 aliphatic rings. The molecule has 1 atom stereocenters. The number of ether oxygens (including phenoxy) is 3. The van der Waals surface area contributed by atoms with E-state index in [1.165, 1.54) is 5.56 Å². The molecule has 0 saturated heterocycles. The van der Waals surface area contributed by atoms with Gasteiger partial charge in [0.1, 0.15) is 23.9 Å². The second kappa shape index (κ2) is 9.37. The van der Waals surface area contributed by atoms with Gasteiger partial charge in [0.25, 0.3) is 0 Å². The van der Waals surface area contributed by atoms with Crippen molar-refractivity contribution in [1.82, 2.24) is 0 Å². The summed E-state index contributed by atoms with van der Waals surface area (Å²) >= 11 is 0. The SMILES string of the molecule is CCCCOc1ccc([C@@H]2COc3cc(OCCCC)ccc3N2)cc1. The van der Waals surface area contributed by atoms with Crippen LogP contribution in [0, 0.1) is 0 Å². The Balaban J connectivity index is 1.59. The summed E-state index contributed by atoms with van der Waals surface area (Å²) < 4.78 is 17.5. The van der Waals surface area contributed by atoms with Gasteiger partial charge >= 0.3 is 0 Å². The first-order valence-electron chi connectivity index (χ1n) is 9.69. The third kappa shape index (κ3) is 4.84. The topological polar surface area (TPSA) is 39.7 Å². The quantitative estimate of drug-likeness (QED) is 0.595. The zero-order valence-electron chi connectivity index (χ0n) is 15.8. The standard InChI is InChI=1S/C22H29NO3/c1-3-5-13-24-18-9-7-17(8-10-18)21-16-26-22-15-19(25-14-6-4-2)11-12-20(22)23-21/h7-12,15,21,23H,3-6,13-14,16H2,1-2H3/t21-/m0/s1. The molecule has 0 amide bonds. The van der Waals surface area contributed by atoms with Crippen LogP contribution in [-0.4, -0.2) is 19.8 Å². The van der Waals surface area contributed by atoms with Gasteiger partial charge in [0, 0.05) is 6.07 Å². The number of rotatable bonds is 9. The Morgan fingerprint density at radius 1 is 0.923 bits per heavy atom. The van der Waals surface area contributed by atoms with Gasteiger partial charge in [-0.1, -0.05) is 38.8 Å². The normalized spacial score (nSPS) is 15.5. The predicted octanol–water partition coefficient (Wildman–Crippen LogP) is 5.59. The highest BCUT2D eigenvalue weighted by atomic mass is 16.5. The number of unbranched alkanes of at least 4 members (excludes halogenated alkanes) is 2. The molecule has 0 unspecified atom stereocenters. The minimum atomic E-state index is 0.138. The van der Waals surface area contributed by atoms with Gasteiger partial charge in [0.2, 0.25) is 0 Å². The first-order chi connectivity index (χ1) is 12.8. The van der Waals surface area contributed by atoms with Crippen molar-refractivity contribution in [3.8, 4) is 17.2 Å². The van der Waals surface area contributed by atoms with Gasteiger partial charge in [-0.05, 0) is 42.7 Å². The van der Waals surface area contributed by atoms with Crippen LogP contribution in [0.5, 0.6) is 17.2 Å². The molecule has 4 nitrogen and oxygen atoms in total. The number of nitrogens with one attached hydrogen (secondary N) is 1. The molecule has 1 aliphatic heterocycles. The van der Waals surface area contributed by atoms with Crippen molar-refractivity contribution >= 4 is 5.69 Å². The van der Waals surface area contributed by atoms with Crippen molar-refractivity contribution in [3.63, 3.8) is 0 Å². The van der Waals surface area contributed by atoms with E-state index in [0.29, 0.717) is 6.61 Å². The lowest BCUT2D eigenvalue weighted by Crippen LogP contribution is -2.23. The van der Waals surface area contributed by atoms with Gasteiger partial charge in [-0.25, -0.2) is 0 Å². The number of hydrogen-bond donors (Lipinski definition) is 1. The van der Waals surface area contributed by atoms with Gasteiger partial charge in [-0.2, -0.15) is 0 Å². The number of fused-ring (bicyclic) bond motifs is 1. The van der Waals surface area contributed by atoms with Crippen LogP contribution in [0.3, 0.4) is 0 Å². The van der Waals surface area contributed by atoms with Crippen molar-refractivity contribution in [2.45, 2.75) is 45.6 Å². The molecule has 2 aromatic carbocycles. The van der Waals surface area contributed by atoms with Crippen LogP contribution in [-0.2, 0) is 0 Å². The zero-order valence-corrected chi connectivity index (χ0v) is 15.8. The highest BCUT2D eigenvalue weighted by Gasteiger charge is 2.21. The average molecular weight is 355 g/mol. The molecule has 0 saturated carbocycles. The Labute approximate surface area is 156 Å². The Bertz CT molecular complexity index is 684. The number of anilines is 1. The maximum atomic E-state index is 5.97. The molecule has 1 heterocycles. The second-order valence-corrected chi connectivity index (χ2v) is 6.64. The summed E-state index contributed by atoms with van der Waals surface area (Å²) in [5.41, 5.74) is 2.20. The Morgan fingerprint density at radius 2 is 1.58 bits per heavy atom. The molecule has 0 spiro atoms. The van der Waals surface area contributed by atoms with Crippen molar-refractivity contribution < 1.29 is 14.2 Å². The van der Waals surface area contributed by atoms with Gasteiger partial charge < -0.3 is 19.5 Å². The molecule has 26 heavy (non-hydrogen) atoms. The van der Waals surface area contributed by atoms with Gasteiger partial charge in [0.15, 0.2) is 0 Å². The molecule has 1 N–H and O–H groups in total. The third-order valence-corrected chi connectivity index (χ3v) is 4.50. The van der Waals surface area contributed by atoms with E-state index in [-0.39, 0.29) is 6.04 Å². The van der Waals surface area contributed by atoms with Gasteiger partial charge in [-0.15, -0.1) is 0 Å². The Hall–Kier alpha value is -2.36. The predicted molar refractivity (Wildman–Crippen MR) is 106 cm³/mol. The lowest BCUT2D eigenvalue weighted by Gasteiger charge is -2.28. The van der Waals surface area contributed by atoms with Crippen molar-refractivity contribution in [1.29, 1.82) is 0 Å². The van der Waals surface area contributed by atoms with E-state index in [1.807, 2.05) is 30.3 Å². The first kappa shape index (κ1) is 18.4. The second-order valence-electron chi connectivity index (χ2n) is 6.64. The summed E-state index contributed by atoms with van der Waals surface area (Å²) in [5.74, 6) is 2.65. The minimum Gasteiger partial charge on any atom is -0.494 e. The van der Waals surface area contributed by atoms with Crippen molar-refractivity contribution in [2.75, 3.05) is 25.1 Å². The summed E-state index contributed by atoms with van der Waals surface area (Å²) in [5, 5.41) is 3.56. The summed E-state index contributed by atoms with van der Waals surface area (Å²) in [6, 6.07) is 14.4. The largest absolute Gasteiger partial charge is 0.494 e. The van der Waals surface area contributed by atoms with Crippen LogP contribution in [0.25, 0.3) is 0 Å². The van der Waals surface area contributed by atoms with Crippen molar-refractivity contribution in [3.05, 3.63) is 48.0 Å². The van der Waals surface area contributed by atoms with Crippen LogP contribution in [0.4, 0.5) is 5.69 Å². The third-order valence-electron chi connectivity index (χ3n) is 4.50. The van der Waals surface area contributed by atoms with Crippen LogP contribution < -0.4 is 19.5 Å². The average Bonchev–Trinajstić information content (AvgIpc) is 2.68. The smallest absolute Gasteiger partial charge is 0.146 e. The molecule has 3 rings (SSSR count). The van der Waals surface area contributed by atoms with E-state index < -0.39 is 0 Å². The van der Waals surface area contributed by atoms with Crippen LogP contribution >= 0.6 is 0 Å². The van der Waals surface area contributed by atoms with E-state index in [4.69, 9.17) is 14.2 Å². The molecule has 0 bridgehead atoms. The van der Waals surface area contributed by atoms with E-state index in [0.717, 1.165) is 61.8 Å². The van der Waals surface area contributed by atoms with E-state index in [9.17, 15) is 0 Å². The Morgan fingerprint density at radius 3 is 2.27 bits per heavy atom. The molecule has 0 radical (unpaired) electrons. The van der Waals surface area contributed by atoms with E-state index in [2.05, 4.69) is 31.3 Å². The lowest BCUT2D eigenvalue weighted by molar-refractivity contribution is 0.278.